The van der Waals surface area contributed by atoms with Gasteiger partial charge in [-0.1, -0.05) is 11.6 Å². The number of nitrogens with one attached hydrogen (secondary N) is 1. The predicted octanol–water partition coefficient (Wildman–Crippen LogP) is 0.895. The van der Waals surface area contributed by atoms with Gasteiger partial charge in [0, 0.05) is 19.3 Å². The van der Waals surface area contributed by atoms with Gasteiger partial charge in [-0.2, -0.15) is 9.40 Å². The summed E-state index contributed by atoms with van der Waals surface area (Å²) in [5.74, 6) is 0. The summed E-state index contributed by atoms with van der Waals surface area (Å²) < 4.78 is 27.7. The van der Waals surface area contributed by atoms with Crippen molar-refractivity contribution in [3.8, 4) is 0 Å². The van der Waals surface area contributed by atoms with Crippen LogP contribution in [0.4, 0.5) is 0 Å². The van der Waals surface area contributed by atoms with Crippen LogP contribution in [-0.2, 0) is 10.0 Å². The molecule has 3 rings (SSSR count). The first-order chi connectivity index (χ1) is 9.07. The third-order valence-electron chi connectivity index (χ3n) is 3.16. The lowest BCUT2D eigenvalue weighted by Crippen LogP contribution is -2.29. The Hall–Kier alpha value is -1.38. The maximum atomic E-state index is 12.3. The Kier molecular flexibility index (Phi) is 3.08. The average molecular weight is 302 g/mol. The summed E-state index contributed by atoms with van der Waals surface area (Å²) in [6, 6.07) is 0.0187. The van der Waals surface area contributed by atoms with Gasteiger partial charge in [0.15, 0.2) is 5.03 Å². The molecule has 19 heavy (non-hydrogen) atoms. The van der Waals surface area contributed by atoms with E-state index < -0.39 is 10.0 Å². The third-order valence-corrected chi connectivity index (χ3v) is 5.15. The van der Waals surface area contributed by atoms with E-state index in [1.807, 2.05) is 0 Å². The number of H-pyrrole nitrogens is 1. The highest BCUT2D eigenvalue weighted by Gasteiger charge is 2.34. The van der Waals surface area contributed by atoms with Crippen LogP contribution >= 0.6 is 11.6 Å². The normalized spacial score (nSPS) is 21.0. The first-order valence-electron chi connectivity index (χ1n) is 5.75. The van der Waals surface area contributed by atoms with Crippen molar-refractivity contribution >= 4 is 21.6 Å². The van der Waals surface area contributed by atoms with Crippen LogP contribution in [0.25, 0.3) is 0 Å². The molecule has 0 aromatic carbocycles. The van der Waals surface area contributed by atoms with Crippen molar-refractivity contribution < 1.29 is 8.42 Å². The van der Waals surface area contributed by atoms with Crippen molar-refractivity contribution in [1.82, 2.24) is 24.1 Å². The van der Waals surface area contributed by atoms with Gasteiger partial charge in [0.25, 0.3) is 10.0 Å². The maximum Gasteiger partial charge on any atom is 0.260 e. The first-order valence-corrected chi connectivity index (χ1v) is 7.57. The van der Waals surface area contributed by atoms with Crippen molar-refractivity contribution in [3.63, 3.8) is 0 Å². The number of hydrogen-bond donors (Lipinski definition) is 1. The second kappa shape index (κ2) is 4.62. The van der Waals surface area contributed by atoms with Gasteiger partial charge in [-0.25, -0.2) is 13.4 Å². The molecule has 1 N–H and O–H groups in total. The molecule has 3 heterocycles. The van der Waals surface area contributed by atoms with Crippen molar-refractivity contribution in [2.45, 2.75) is 17.5 Å². The summed E-state index contributed by atoms with van der Waals surface area (Å²) in [4.78, 5) is 6.37. The van der Waals surface area contributed by atoms with Gasteiger partial charge in [-0.3, -0.25) is 4.68 Å². The van der Waals surface area contributed by atoms with Crippen LogP contribution < -0.4 is 0 Å². The van der Waals surface area contributed by atoms with Crippen LogP contribution in [0.2, 0.25) is 5.02 Å². The number of hydrogen-bond acceptors (Lipinski definition) is 4. The van der Waals surface area contributed by atoms with E-state index in [0.717, 1.165) is 0 Å². The molecule has 2 aromatic heterocycles. The molecule has 0 bridgehead atoms. The minimum Gasteiger partial charge on any atom is -0.335 e. The molecule has 1 fully saturated rings. The Bertz CT molecular complexity index is 666. The van der Waals surface area contributed by atoms with Crippen molar-refractivity contribution in [3.05, 3.63) is 29.9 Å². The summed E-state index contributed by atoms with van der Waals surface area (Å²) in [5, 5.41) is 4.79. The second-order valence-electron chi connectivity index (χ2n) is 4.36. The minimum absolute atomic E-state index is 0.0187. The standard InChI is InChI=1S/C10H12ClN5O2S/c11-8-3-14-16(5-8)9-1-2-15(6-9)19(17,18)10-4-12-7-13-10/h3-5,7,9H,1-2,6H2,(H,12,13). The Morgan fingerprint density at radius 1 is 1.42 bits per heavy atom. The fraction of sp³-hybridized carbons (Fsp3) is 0.400. The van der Waals surface area contributed by atoms with Crippen LogP contribution in [0.3, 0.4) is 0 Å². The van der Waals surface area contributed by atoms with Crippen LogP contribution in [0.1, 0.15) is 12.5 Å². The molecule has 1 atom stereocenters. The number of rotatable bonds is 3. The Morgan fingerprint density at radius 2 is 2.26 bits per heavy atom. The average Bonchev–Trinajstić information content (AvgIpc) is 3.10. The SMILES string of the molecule is O=S(=O)(c1cnc[nH]1)N1CCC(n2cc(Cl)cn2)C1. The Labute approximate surface area is 115 Å². The number of nitrogens with zero attached hydrogens (tertiary/aromatic N) is 4. The molecule has 0 spiro atoms. The highest BCUT2D eigenvalue weighted by molar-refractivity contribution is 7.89. The fourth-order valence-electron chi connectivity index (χ4n) is 2.18. The largest absolute Gasteiger partial charge is 0.335 e. The van der Waals surface area contributed by atoms with E-state index in [2.05, 4.69) is 15.1 Å². The summed E-state index contributed by atoms with van der Waals surface area (Å²) in [6.45, 7) is 0.850. The highest BCUT2D eigenvalue weighted by atomic mass is 35.5. The molecule has 7 nitrogen and oxygen atoms in total. The molecule has 1 aliphatic rings. The van der Waals surface area contributed by atoms with Crippen LogP contribution in [-0.4, -0.2) is 45.6 Å². The zero-order chi connectivity index (χ0) is 13.5. The molecule has 1 unspecified atom stereocenters. The quantitative estimate of drug-likeness (QED) is 0.913. The zero-order valence-electron chi connectivity index (χ0n) is 9.90. The topological polar surface area (TPSA) is 83.9 Å². The smallest absolute Gasteiger partial charge is 0.260 e. The van der Waals surface area contributed by atoms with Crippen LogP contribution in [0, 0.1) is 0 Å². The summed E-state index contributed by atoms with van der Waals surface area (Å²) in [5.41, 5.74) is 0. The van der Waals surface area contributed by atoms with E-state index in [1.165, 1.54) is 16.8 Å². The van der Waals surface area contributed by atoms with E-state index in [0.29, 0.717) is 24.5 Å². The van der Waals surface area contributed by atoms with E-state index in [-0.39, 0.29) is 11.1 Å². The first kappa shape index (κ1) is 12.6. The van der Waals surface area contributed by atoms with Gasteiger partial charge in [-0.05, 0) is 6.42 Å². The van der Waals surface area contributed by atoms with Gasteiger partial charge in [0.05, 0.1) is 29.8 Å². The van der Waals surface area contributed by atoms with Crippen molar-refractivity contribution in [2.75, 3.05) is 13.1 Å². The molecule has 0 amide bonds. The number of halogens is 1. The minimum atomic E-state index is -3.49. The molecule has 0 radical (unpaired) electrons. The molecule has 102 valence electrons. The highest BCUT2D eigenvalue weighted by Crippen LogP contribution is 2.26. The molecule has 2 aromatic rings. The maximum absolute atomic E-state index is 12.3. The predicted molar refractivity (Wildman–Crippen MR) is 68.2 cm³/mol. The van der Waals surface area contributed by atoms with Crippen LogP contribution in [0.15, 0.2) is 29.9 Å². The van der Waals surface area contributed by atoms with E-state index >= 15 is 0 Å². The molecule has 0 saturated carbocycles. The molecular formula is C10H12ClN5O2S. The Morgan fingerprint density at radius 3 is 2.89 bits per heavy atom. The number of sulfonamides is 1. The van der Waals surface area contributed by atoms with Crippen molar-refractivity contribution in [2.24, 2.45) is 0 Å². The lowest BCUT2D eigenvalue weighted by molar-refractivity contribution is 0.433. The number of aromatic nitrogens is 4. The van der Waals surface area contributed by atoms with Crippen molar-refractivity contribution in [1.29, 1.82) is 0 Å². The van der Waals surface area contributed by atoms with Gasteiger partial charge >= 0.3 is 0 Å². The molecule has 9 heteroatoms. The number of aromatic amines is 1. The zero-order valence-corrected chi connectivity index (χ0v) is 11.5. The van der Waals surface area contributed by atoms with Gasteiger partial charge in [0.2, 0.25) is 0 Å². The molecule has 1 aliphatic heterocycles. The Balaban J connectivity index is 1.79. The van der Waals surface area contributed by atoms with Gasteiger partial charge in [0.1, 0.15) is 0 Å². The van der Waals surface area contributed by atoms with Gasteiger partial charge < -0.3 is 4.98 Å². The molecule has 0 aliphatic carbocycles. The molecule has 1 saturated heterocycles. The lowest BCUT2D eigenvalue weighted by Gasteiger charge is -2.15. The summed E-state index contributed by atoms with van der Waals surface area (Å²) >= 11 is 5.82. The van der Waals surface area contributed by atoms with Crippen LogP contribution in [0.5, 0.6) is 0 Å². The monoisotopic (exact) mass is 301 g/mol. The van der Waals surface area contributed by atoms with E-state index in [4.69, 9.17) is 11.6 Å². The lowest BCUT2D eigenvalue weighted by atomic mass is 10.3. The molecular weight excluding hydrogens is 290 g/mol. The van der Waals surface area contributed by atoms with Gasteiger partial charge in [-0.15, -0.1) is 0 Å². The van der Waals surface area contributed by atoms with E-state index in [1.54, 1.807) is 17.1 Å². The van der Waals surface area contributed by atoms with E-state index in [9.17, 15) is 8.42 Å². The number of imidazole rings is 1. The summed E-state index contributed by atoms with van der Waals surface area (Å²) in [7, 11) is -3.49. The third kappa shape index (κ3) is 2.26. The fourth-order valence-corrected chi connectivity index (χ4v) is 3.71. The second-order valence-corrected chi connectivity index (χ2v) is 6.70. The summed E-state index contributed by atoms with van der Waals surface area (Å²) in [6.07, 6.45) is 6.64.